The van der Waals surface area contributed by atoms with Gasteiger partial charge in [-0.15, -0.1) is 0 Å². The van der Waals surface area contributed by atoms with Gasteiger partial charge in [0.1, 0.15) is 0 Å². The van der Waals surface area contributed by atoms with Crippen LogP contribution in [-0.2, 0) is 0 Å². The van der Waals surface area contributed by atoms with Crippen LogP contribution in [0.3, 0.4) is 0 Å². The van der Waals surface area contributed by atoms with Crippen molar-refractivity contribution in [1.29, 1.82) is 0 Å². The second kappa shape index (κ2) is 2.03. The summed E-state index contributed by atoms with van der Waals surface area (Å²) >= 11 is 0. The maximum absolute atomic E-state index is 9.14. The third-order valence-corrected chi connectivity index (χ3v) is 1.98. The van der Waals surface area contributed by atoms with Crippen LogP contribution in [-0.4, -0.2) is 17.3 Å². The fourth-order valence-electron chi connectivity index (χ4n) is 1.22. The minimum atomic E-state index is -0.241. The number of rotatable bonds is 0. The zero-order valence-corrected chi connectivity index (χ0v) is 5.17. The molecule has 3 N–H and O–H groups in total. The predicted octanol–water partition coefficient (Wildman–Crippen LogP) is 0.104. The van der Waals surface area contributed by atoms with Crippen LogP contribution >= 0.6 is 0 Å². The van der Waals surface area contributed by atoms with Crippen LogP contribution in [0, 0.1) is 5.92 Å². The summed E-state index contributed by atoms with van der Waals surface area (Å²) in [5.74, 6) is 0.421. The molecule has 1 saturated carbocycles. The van der Waals surface area contributed by atoms with Crippen molar-refractivity contribution >= 4 is 0 Å². The monoisotopic (exact) mass is 115 g/mol. The highest BCUT2D eigenvalue weighted by Crippen LogP contribution is 2.23. The summed E-state index contributed by atoms with van der Waals surface area (Å²) < 4.78 is 0. The van der Waals surface area contributed by atoms with Crippen molar-refractivity contribution in [3.63, 3.8) is 0 Å². The Bertz CT molecular complexity index is 74.6. The maximum Gasteiger partial charge on any atom is 0.0716 e. The van der Waals surface area contributed by atoms with Crippen LogP contribution < -0.4 is 5.73 Å². The predicted molar refractivity (Wildman–Crippen MR) is 32.4 cm³/mol. The molecule has 0 amide bonds. The first-order valence-electron chi connectivity index (χ1n) is 3.15. The molecule has 1 fully saturated rings. The van der Waals surface area contributed by atoms with E-state index in [0.29, 0.717) is 5.92 Å². The molecule has 0 aliphatic heterocycles. The van der Waals surface area contributed by atoms with Crippen molar-refractivity contribution in [2.45, 2.75) is 31.9 Å². The van der Waals surface area contributed by atoms with Crippen LogP contribution in [0.5, 0.6) is 0 Å². The molecule has 48 valence electrons. The van der Waals surface area contributed by atoms with E-state index in [-0.39, 0.29) is 12.1 Å². The molecule has 0 aromatic rings. The van der Waals surface area contributed by atoms with Crippen molar-refractivity contribution < 1.29 is 5.11 Å². The molecule has 1 rings (SSSR count). The number of aliphatic hydroxyl groups excluding tert-OH is 1. The first kappa shape index (κ1) is 6.05. The topological polar surface area (TPSA) is 46.2 Å². The van der Waals surface area contributed by atoms with Gasteiger partial charge in [-0.25, -0.2) is 0 Å². The van der Waals surface area contributed by atoms with E-state index in [9.17, 15) is 0 Å². The Kier molecular flexibility index (Phi) is 1.54. The van der Waals surface area contributed by atoms with Crippen LogP contribution in [0.2, 0.25) is 0 Å². The Morgan fingerprint density at radius 2 is 2.12 bits per heavy atom. The van der Waals surface area contributed by atoms with E-state index in [2.05, 4.69) is 0 Å². The van der Waals surface area contributed by atoms with Gasteiger partial charge >= 0.3 is 0 Å². The summed E-state index contributed by atoms with van der Waals surface area (Å²) in [4.78, 5) is 0. The van der Waals surface area contributed by atoms with E-state index in [1.807, 2.05) is 6.92 Å². The largest absolute Gasteiger partial charge is 0.391 e. The van der Waals surface area contributed by atoms with Crippen molar-refractivity contribution in [1.82, 2.24) is 0 Å². The lowest BCUT2D eigenvalue weighted by atomic mass is 10.1. The molecule has 3 unspecified atom stereocenters. The summed E-state index contributed by atoms with van der Waals surface area (Å²) in [6, 6.07) is 0.0463. The van der Waals surface area contributed by atoms with Gasteiger partial charge in [-0.3, -0.25) is 0 Å². The van der Waals surface area contributed by atoms with Gasteiger partial charge in [0.25, 0.3) is 0 Å². The second-order valence-electron chi connectivity index (χ2n) is 2.71. The Hall–Kier alpha value is -0.0800. The van der Waals surface area contributed by atoms with E-state index in [1.165, 1.54) is 0 Å². The van der Waals surface area contributed by atoms with Gasteiger partial charge in [0.05, 0.1) is 6.10 Å². The molecule has 0 radical (unpaired) electrons. The molecule has 0 spiro atoms. The molecule has 0 heterocycles. The van der Waals surface area contributed by atoms with Gasteiger partial charge in [-0.05, 0) is 18.8 Å². The molecular weight excluding hydrogens is 102 g/mol. The summed E-state index contributed by atoms with van der Waals surface area (Å²) in [6.45, 7) is 2.04. The number of aliphatic hydroxyl groups is 1. The minimum Gasteiger partial charge on any atom is -0.391 e. The lowest BCUT2D eigenvalue weighted by Gasteiger charge is -2.10. The number of nitrogens with two attached hydrogens (primary N) is 1. The van der Waals surface area contributed by atoms with Gasteiger partial charge in [0, 0.05) is 6.04 Å². The first-order valence-corrected chi connectivity index (χ1v) is 3.15. The second-order valence-corrected chi connectivity index (χ2v) is 2.71. The summed E-state index contributed by atoms with van der Waals surface area (Å²) in [6.07, 6.45) is 1.83. The average molecular weight is 115 g/mol. The highest BCUT2D eigenvalue weighted by atomic mass is 16.3. The maximum atomic E-state index is 9.14. The van der Waals surface area contributed by atoms with E-state index >= 15 is 0 Å². The highest BCUT2D eigenvalue weighted by Gasteiger charge is 2.28. The van der Waals surface area contributed by atoms with Crippen molar-refractivity contribution in [3.8, 4) is 0 Å². The third-order valence-electron chi connectivity index (χ3n) is 1.98. The summed E-state index contributed by atoms with van der Waals surface area (Å²) in [5.41, 5.74) is 5.52. The van der Waals surface area contributed by atoms with Crippen LogP contribution in [0.25, 0.3) is 0 Å². The average Bonchev–Trinajstić information content (AvgIpc) is 1.98. The van der Waals surface area contributed by atoms with E-state index in [1.54, 1.807) is 0 Å². The Morgan fingerprint density at radius 1 is 1.50 bits per heavy atom. The van der Waals surface area contributed by atoms with Gasteiger partial charge in [-0.1, -0.05) is 6.92 Å². The van der Waals surface area contributed by atoms with Crippen molar-refractivity contribution in [2.75, 3.05) is 0 Å². The normalized spacial score (nSPS) is 47.6. The van der Waals surface area contributed by atoms with E-state index in [0.717, 1.165) is 12.8 Å². The lowest BCUT2D eigenvalue weighted by Crippen LogP contribution is -2.31. The zero-order chi connectivity index (χ0) is 6.15. The Balaban J connectivity index is 2.44. The van der Waals surface area contributed by atoms with Crippen molar-refractivity contribution in [3.05, 3.63) is 0 Å². The summed E-state index contributed by atoms with van der Waals surface area (Å²) in [7, 11) is 0. The zero-order valence-electron chi connectivity index (χ0n) is 5.17. The molecule has 1 aliphatic rings. The fraction of sp³-hybridized carbons (Fsp3) is 1.00. The SMILES string of the molecule is CC1CCC(N)C1O. The van der Waals surface area contributed by atoms with Crippen LogP contribution in [0.15, 0.2) is 0 Å². The molecular formula is C6H13NO. The van der Waals surface area contributed by atoms with Gasteiger partial charge in [-0.2, -0.15) is 0 Å². The Morgan fingerprint density at radius 3 is 2.25 bits per heavy atom. The quantitative estimate of drug-likeness (QED) is 0.470. The number of hydrogen-bond acceptors (Lipinski definition) is 2. The first-order chi connectivity index (χ1) is 3.72. The number of hydrogen-bond donors (Lipinski definition) is 2. The molecule has 2 nitrogen and oxygen atoms in total. The van der Waals surface area contributed by atoms with E-state index in [4.69, 9.17) is 10.8 Å². The molecule has 3 atom stereocenters. The van der Waals surface area contributed by atoms with Gasteiger partial charge in [0.15, 0.2) is 0 Å². The summed E-state index contributed by atoms with van der Waals surface area (Å²) in [5, 5.41) is 9.14. The molecule has 0 saturated heterocycles. The van der Waals surface area contributed by atoms with E-state index < -0.39 is 0 Å². The molecule has 0 bridgehead atoms. The molecule has 8 heavy (non-hydrogen) atoms. The molecule has 1 aliphatic carbocycles. The molecule has 0 aromatic heterocycles. The molecule has 2 heteroatoms. The lowest BCUT2D eigenvalue weighted by molar-refractivity contribution is 0.126. The van der Waals surface area contributed by atoms with Gasteiger partial charge in [0.2, 0.25) is 0 Å². The standard InChI is InChI=1S/C6H13NO/c1-4-2-3-5(7)6(4)8/h4-6,8H,2-3,7H2,1H3. The van der Waals surface area contributed by atoms with Crippen LogP contribution in [0.1, 0.15) is 19.8 Å². The third kappa shape index (κ3) is 0.858. The van der Waals surface area contributed by atoms with Crippen molar-refractivity contribution in [2.24, 2.45) is 11.7 Å². The fourth-order valence-corrected chi connectivity index (χ4v) is 1.22. The smallest absolute Gasteiger partial charge is 0.0716 e. The molecule has 0 aromatic carbocycles. The van der Waals surface area contributed by atoms with Gasteiger partial charge < -0.3 is 10.8 Å². The Labute approximate surface area is 49.7 Å². The van der Waals surface area contributed by atoms with Crippen LogP contribution in [0.4, 0.5) is 0 Å². The highest BCUT2D eigenvalue weighted by molar-refractivity contribution is 4.84. The minimum absolute atomic E-state index is 0.0463.